The average molecular weight is 2190 g/mol. The molecule has 1 saturated carbocycles. The van der Waals surface area contributed by atoms with Crippen LogP contribution >= 0.6 is 175 Å². The lowest BCUT2D eigenvalue weighted by Crippen LogP contribution is -2.50. The molecule has 0 amide bonds. The minimum Gasteiger partial charge on any atom is -0.379 e. The second-order valence-corrected chi connectivity index (χ2v) is 46.9. The highest BCUT2D eigenvalue weighted by atomic mass is 35.5. The van der Waals surface area contributed by atoms with Gasteiger partial charge >= 0.3 is 0 Å². The molecule has 10 aromatic heterocycles. The predicted octanol–water partition coefficient (Wildman–Crippen LogP) is 23.2. The number of piperidine rings is 5. The Hall–Kier alpha value is -7.43. The monoisotopic (exact) mass is 2190 g/mol. The first-order chi connectivity index (χ1) is 68.1. The molecule has 0 radical (unpaired) electrons. The number of hydrogen-bond acceptors (Lipinski definition) is 27. The van der Waals surface area contributed by atoms with Crippen LogP contribution in [-0.2, 0) is 9.47 Å². The number of aromatic nitrogens is 15. The topological polar surface area (TPSA) is 316 Å². The van der Waals surface area contributed by atoms with Gasteiger partial charge in [0.15, 0.2) is 28.2 Å². The van der Waals surface area contributed by atoms with Crippen LogP contribution in [0.4, 0.5) is 29.1 Å². The maximum absolute atomic E-state index is 6.47. The number of fused-ring (bicyclic) bond motifs is 5. The summed E-state index contributed by atoms with van der Waals surface area (Å²) in [5, 5.41) is 9.36. The van der Waals surface area contributed by atoms with Crippen molar-refractivity contribution in [3.63, 3.8) is 0 Å². The van der Waals surface area contributed by atoms with Crippen molar-refractivity contribution in [1.29, 1.82) is 0 Å². The Morgan fingerprint density at radius 3 is 0.879 bits per heavy atom. The van der Waals surface area contributed by atoms with Gasteiger partial charge in [0.2, 0.25) is 0 Å². The van der Waals surface area contributed by atoms with Gasteiger partial charge in [0, 0.05) is 186 Å². The van der Waals surface area contributed by atoms with Crippen LogP contribution in [0.2, 0.25) is 50.2 Å². The van der Waals surface area contributed by atoms with E-state index in [2.05, 4.69) is 102 Å². The Morgan fingerprint density at radius 2 is 0.624 bits per heavy atom. The number of anilines is 5. The zero-order chi connectivity index (χ0) is 98.2. The molecule has 10 N–H and O–H groups in total. The number of nitrogens with zero attached hydrogens (tertiary/aromatic N) is 20. The molecule has 3 spiro atoms. The van der Waals surface area contributed by atoms with Gasteiger partial charge in [0.1, 0.15) is 54.2 Å². The molecule has 42 heteroatoms. The molecule has 23 rings (SSSR count). The van der Waals surface area contributed by atoms with Gasteiger partial charge in [0.25, 0.3) is 0 Å². The Labute approximate surface area is 889 Å². The fourth-order valence-corrected chi connectivity index (χ4v) is 26.9. The number of benzene rings is 5. The highest BCUT2D eigenvalue weighted by molar-refractivity contribution is 8.00. The normalized spacial score (nSPS) is 20.1. The van der Waals surface area contributed by atoms with E-state index in [1.54, 1.807) is 55.1 Å². The van der Waals surface area contributed by atoms with E-state index in [0.29, 0.717) is 68.3 Å². The number of rotatable bonds is 16. The largest absolute Gasteiger partial charge is 0.379 e. The zero-order valence-electron chi connectivity index (χ0n) is 77.7. The summed E-state index contributed by atoms with van der Waals surface area (Å²) in [5.41, 5.74) is 36.2. The molecule has 17 heterocycles. The highest BCUT2D eigenvalue weighted by Gasteiger charge is 2.49. The molecular formula is C99H107Cl10N25O2S5. The van der Waals surface area contributed by atoms with Crippen LogP contribution in [0.15, 0.2) is 234 Å². The second kappa shape index (κ2) is 43.9. The average Bonchev–Trinajstić information content (AvgIpc) is 1.67. The quantitative estimate of drug-likeness (QED) is 0.0600. The predicted molar refractivity (Wildman–Crippen MR) is 576 cm³/mol. The van der Waals surface area contributed by atoms with Crippen LogP contribution in [-0.4, -0.2) is 193 Å². The maximum atomic E-state index is 6.47. The third kappa shape index (κ3) is 21.7. The van der Waals surface area contributed by atoms with Crippen molar-refractivity contribution in [1.82, 2.24) is 71.8 Å². The van der Waals surface area contributed by atoms with Gasteiger partial charge < -0.3 is 62.6 Å². The molecule has 4 unspecified atom stereocenters. The van der Waals surface area contributed by atoms with Crippen molar-refractivity contribution in [3.05, 3.63) is 234 Å². The smallest absolute Gasteiger partial charge is 0.171 e. The lowest BCUT2D eigenvalue weighted by Gasteiger charge is -2.42. The van der Waals surface area contributed by atoms with Crippen molar-refractivity contribution in [2.24, 2.45) is 50.3 Å². The van der Waals surface area contributed by atoms with Gasteiger partial charge in [-0.1, -0.05) is 218 Å². The molecule has 27 nitrogen and oxygen atoms in total. The third-order valence-electron chi connectivity index (χ3n) is 29.1. The lowest BCUT2D eigenvalue weighted by molar-refractivity contribution is 0.0974. The Bertz CT molecular complexity index is 6830. The highest BCUT2D eigenvalue weighted by Crippen LogP contribution is 2.51. The molecule has 1 aliphatic carbocycles. The van der Waals surface area contributed by atoms with E-state index in [9.17, 15) is 0 Å². The van der Waals surface area contributed by atoms with Crippen LogP contribution in [0.1, 0.15) is 104 Å². The van der Waals surface area contributed by atoms with E-state index in [0.717, 1.165) is 256 Å². The van der Waals surface area contributed by atoms with Crippen molar-refractivity contribution < 1.29 is 9.47 Å². The summed E-state index contributed by atoms with van der Waals surface area (Å²) in [5.74, 6) is 5.26. The number of nitrogens with two attached hydrogens (primary N) is 5. The van der Waals surface area contributed by atoms with Crippen molar-refractivity contribution in [3.8, 4) is 0 Å². The molecule has 0 bridgehead atoms. The SMILES string of the molecule is CC1(CN)CCN(c2cnc(Sc3cccc(Cl)c3Cl)c3nccn23)CC1.CC1(N)CCN(c2cnc(Sc3cccc(Cl)c3Cl)c3nccn23)CC1.CC1OCC2(CCN(c3cnc(Sc4cccc(Cl)c4Cl)c4nccn34)CC2)C1N.NC1CCCC12CCN(c1cnc(Sc3cccc(Cl)c3Cl)c3nccn13)CC2.NC1COCC12CCN(c1cnc(Sc3cccc(Cl)c3Cl)c3nccn13)CC2. The Kier molecular flexibility index (Phi) is 31.8. The first-order valence-corrected chi connectivity index (χ1v) is 54.8. The van der Waals surface area contributed by atoms with Gasteiger partial charge in [-0.2, -0.15) is 0 Å². The maximum Gasteiger partial charge on any atom is 0.171 e. The second-order valence-electron chi connectivity index (χ2n) is 37.8. The molecule has 740 valence electrons. The van der Waals surface area contributed by atoms with E-state index in [4.69, 9.17) is 169 Å². The molecule has 8 aliphatic rings. The fraction of sp³-hybridized carbons (Fsp3) is 0.394. The van der Waals surface area contributed by atoms with Crippen LogP contribution < -0.4 is 53.2 Å². The molecular weight excluding hydrogens is 2090 g/mol. The van der Waals surface area contributed by atoms with Crippen LogP contribution in [0, 0.1) is 21.7 Å². The fourth-order valence-electron chi connectivity index (χ4n) is 20.0. The number of imidazole rings is 5. The van der Waals surface area contributed by atoms with E-state index >= 15 is 0 Å². The summed E-state index contributed by atoms with van der Waals surface area (Å²) >= 11 is 69.9. The summed E-state index contributed by atoms with van der Waals surface area (Å²) in [7, 11) is 0. The molecule has 7 saturated heterocycles. The Balaban J connectivity index is 0.000000112. The lowest BCUT2D eigenvalue weighted by atomic mass is 9.73. The first kappa shape index (κ1) is 102. The minimum atomic E-state index is -0.0862. The van der Waals surface area contributed by atoms with Crippen molar-refractivity contribution in [2.45, 2.75) is 184 Å². The van der Waals surface area contributed by atoms with E-state index < -0.39 is 0 Å². The van der Waals surface area contributed by atoms with Gasteiger partial charge in [-0.15, -0.1) is 0 Å². The van der Waals surface area contributed by atoms with Gasteiger partial charge in [0.05, 0.1) is 107 Å². The van der Waals surface area contributed by atoms with Crippen LogP contribution in [0.5, 0.6) is 0 Å². The summed E-state index contributed by atoms with van der Waals surface area (Å²) in [4.78, 5) is 62.3. The summed E-state index contributed by atoms with van der Waals surface area (Å²) < 4.78 is 22.0. The molecule has 4 atom stereocenters. The summed E-state index contributed by atoms with van der Waals surface area (Å²) in [6.45, 7) is 18.9. The summed E-state index contributed by atoms with van der Waals surface area (Å²) in [6, 6.07) is 28.6. The molecule has 8 fully saturated rings. The van der Waals surface area contributed by atoms with E-state index in [1.807, 2.05) is 129 Å². The van der Waals surface area contributed by atoms with Gasteiger partial charge in [-0.3, -0.25) is 22.0 Å². The Morgan fingerprint density at radius 1 is 0.348 bits per heavy atom. The van der Waals surface area contributed by atoms with Crippen LogP contribution in [0.25, 0.3) is 28.2 Å². The number of hydrogen-bond donors (Lipinski definition) is 5. The number of halogens is 10. The molecule has 141 heavy (non-hydrogen) atoms. The third-order valence-corrected chi connectivity index (χ3v) is 38.9. The van der Waals surface area contributed by atoms with Gasteiger partial charge in [-0.25, -0.2) is 49.8 Å². The standard InChI is InChI=1S/C21H23Cl2N5OS.C21H23Cl2N5S.C20H21Cl2N5OS.C19H21Cl2N5S.C18H19Cl2N5S/c1-13-18(24)21(12-29-13)5-8-27(9-6-21)16-11-26-20(19-25-7-10-28(16)19)30-15-4-2-3-14(22)17(15)23;22-14-3-1-4-15(18(14)23)29-20-19-25-9-12-28(19)17(13-26-20)27-10-7-21(8-11-27)6-2-5-16(21)24;21-13-2-1-3-14(17(13)22)29-19-18-24-6-9-27(18)16(10-25-19)26-7-4-20(5-8-26)12-28-11-15(20)23;1-19(12-22)5-8-25(9-6-19)15-11-24-18(17-23-7-10-26(15)17)27-14-4-2-3-13(20)16(14)21;1-18(21)5-8-24(9-6-18)14-11-23-17(16-22-7-10-25(14)16)26-13-4-2-3-12(19)15(13)20/h2-4,7,10-11,13,18H,5-6,8-9,12,24H2,1H3;1,3-4,9,12-13,16H,2,5-8,10-11,24H2;1-3,6,9-10,15H,4-5,7-8,11-12,23H2;2-4,7,10-11H,5-6,8-9,12,22H2,1H3;2-4,7,10-11H,5-6,8-9,21H2,1H3. The molecule has 15 aromatic rings. The van der Waals surface area contributed by atoms with Crippen LogP contribution in [0.3, 0.4) is 0 Å². The zero-order valence-corrected chi connectivity index (χ0v) is 89.3. The van der Waals surface area contributed by atoms with Crippen molar-refractivity contribution >= 4 is 232 Å². The molecule has 7 aliphatic heterocycles. The number of ether oxygens (including phenoxy) is 2. The van der Waals surface area contributed by atoms with E-state index in [1.165, 1.54) is 78.1 Å². The van der Waals surface area contributed by atoms with Crippen molar-refractivity contribution in [2.75, 3.05) is 116 Å². The first-order valence-electron chi connectivity index (χ1n) is 47.0. The molecule has 5 aromatic carbocycles. The summed E-state index contributed by atoms with van der Waals surface area (Å²) in [6.07, 6.45) is 42.8. The van der Waals surface area contributed by atoms with Gasteiger partial charge in [-0.05, 0) is 169 Å². The minimum absolute atomic E-state index is 0.0862. The van der Waals surface area contributed by atoms with E-state index in [-0.39, 0.29) is 40.0 Å².